The van der Waals surface area contributed by atoms with Crippen molar-refractivity contribution >= 4 is 0 Å². The first-order chi connectivity index (χ1) is 6.61. The first-order valence-electron chi connectivity index (χ1n) is 5.42. The quantitative estimate of drug-likeness (QED) is 0.797. The highest BCUT2D eigenvalue weighted by molar-refractivity contribution is 5.18. The summed E-state index contributed by atoms with van der Waals surface area (Å²) in [6.45, 7) is 6.57. The van der Waals surface area contributed by atoms with E-state index in [-0.39, 0.29) is 0 Å². The molecule has 1 aromatic rings. The van der Waals surface area contributed by atoms with Gasteiger partial charge in [0.05, 0.1) is 12.3 Å². The van der Waals surface area contributed by atoms with Crippen LogP contribution in [0.4, 0.5) is 0 Å². The average Bonchev–Trinajstić information content (AvgIpc) is 2.48. The third-order valence-electron chi connectivity index (χ3n) is 3.32. The summed E-state index contributed by atoms with van der Waals surface area (Å²) < 4.78 is 5.48. The van der Waals surface area contributed by atoms with Gasteiger partial charge in [-0.3, -0.25) is 0 Å². The van der Waals surface area contributed by atoms with Crippen molar-refractivity contribution in [2.45, 2.75) is 51.6 Å². The van der Waals surface area contributed by atoms with Crippen LogP contribution in [0.3, 0.4) is 0 Å². The molecule has 0 aromatic carbocycles. The van der Waals surface area contributed by atoms with Crippen molar-refractivity contribution in [3.8, 4) is 0 Å². The molecule has 1 aliphatic carbocycles. The van der Waals surface area contributed by atoms with Crippen LogP contribution in [0.25, 0.3) is 0 Å². The molecule has 0 amide bonds. The summed E-state index contributed by atoms with van der Waals surface area (Å²) in [5, 5.41) is 3.64. The van der Waals surface area contributed by atoms with Gasteiger partial charge in [-0.2, -0.15) is 0 Å². The first-order valence-corrected chi connectivity index (χ1v) is 5.42. The second-order valence-corrected chi connectivity index (χ2v) is 4.75. The van der Waals surface area contributed by atoms with Crippen LogP contribution in [0.5, 0.6) is 0 Å². The van der Waals surface area contributed by atoms with Gasteiger partial charge in [-0.05, 0) is 51.7 Å². The second-order valence-electron chi connectivity index (χ2n) is 4.75. The predicted molar refractivity (Wildman–Crippen MR) is 57.3 cm³/mol. The highest BCUT2D eigenvalue weighted by Crippen LogP contribution is 2.34. The highest BCUT2D eigenvalue weighted by atomic mass is 16.3. The van der Waals surface area contributed by atoms with Gasteiger partial charge in [0, 0.05) is 5.54 Å². The fourth-order valence-corrected chi connectivity index (χ4v) is 2.27. The van der Waals surface area contributed by atoms with Gasteiger partial charge in [-0.1, -0.05) is 0 Å². The third-order valence-corrected chi connectivity index (χ3v) is 3.32. The van der Waals surface area contributed by atoms with Crippen molar-refractivity contribution in [2.24, 2.45) is 0 Å². The number of aryl methyl sites for hydroxylation is 1. The van der Waals surface area contributed by atoms with Crippen LogP contribution in [0.2, 0.25) is 0 Å². The zero-order valence-electron chi connectivity index (χ0n) is 9.26. The molecule has 1 aliphatic rings. The number of nitrogens with one attached hydrogen (secondary N) is 1. The summed E-state index contributed by atoms with van der Waals surface area (Å²) in [6, 6.07) is 2.35. The zero-order chi connectivity index (χ0) is 10.2. The van der Waals surface area contributed by atoms with E-state index in [4.69, 9.17) is 4.42 Å². The Hall–Kier alpha value is -0.760. The minimum atomic E-state index is 0.329. The summed E-state index contributed by atoms with van der Waals surface area (Å²) in [5.41, 5.74) is 1.59. The maximum atomic E-state index is 5.48. The van der Waals surface area contributed by atoms with Crippen molar-refractivity contribution in [3.63, 3.8) is 0 Å². The van der Waals surface area contributed by atoms with Crippen LogP contribution < -0.4 is 5.32 Å². The molecule has 1 unspecified atom stereocenters. The van der Waals surface area contributed by atoms with Crippen LogP contribution in [-0.4, -0.2) is 5.54 Å². The van der Waals surface area contributed by atoms with E-state index in [1.807, 2.05) is 6.07 Å². The Morgan fingerprint density at radius 2 is 2.21 bits per heavy atom. The SMILES string of the molecule is Cc1ccoc1C(C)NC1(C)CCC1. The van der Waals surface area contributed by atoms with Gasteiger partial charge in [0.2, 0.25) is 0 Å². The van der Waals surface area contributed by atoms with Crippen molar-refractivity contribution in [1.82, 2.24) is 5.32 Å². The van der Waals surface area contributed by atoms with Crippen molar-refractivity contribution in [3.05, 3.63) is 23.7 Å². The van der Waals surface area contributed by atoms with Gasteiger partial charge < -0.3 is 9.73 Å². The minimum absolute atomic E-state index is 0.329. The largest absolute Gasteiger partial charge is 0.467 e. The molecule has 0 spiro atoms. The lowest BCUT2D eigenvalue weighted by Gasteiger charge is -2.41. The van der Waals surface area contributed by atoms with E-state index in [1.165, 1.54) is 24.8 Å². The zero-order valence-corrected chi connectivity index (χ0v) is 9.26. The van der Waals surface area contributed by atoms with Crippen LogP contribution >= 0.6 is 0 Å². The Labute approximate surface area is 85.7 Å². The fraction of sp³-hybridized carbons (Fsp3) is 0.667. The Morgan fingerprint density at radius 1 is 1.50 bits per heavy atom. The van der Waals surface area contributed by atoms with Gasteiger partial charge in [0.15, 0.2) is 0 Å². The van der Waals surface area contributed by atoms with Gasteiger partial charge in [0.1, 0.15) is 5.76 Å². The van der Waals surface area contributed by atoms with Crippen LogP contribution in [0, 0.1) is 6.92 Å². The molecule has 1 atom stereocenters. The van der Waals surface area contributed by atoms with E-state index >= 15 is 0 Å². The number of rotatable bonds is 3. The molecule has 2 rings (SSSR count). The Kier molecular flexibility index (Phi) is 2.40. The Balaban J connectivity index is 2.02. The molecule has 78 valence electrons. The third kappa shape index (κ3) is 1.71. The van der Waals surface area contributed by atoms with Crippen LogP contribution in [0.1, 0.15) is 50.5 Å². The van der Waals surface area contributed by atoms with Gasteiger partial charge >= 0.3 is 0 Å². The monoisotopic (exact) mass is 193 g/mol. The van der Waals surface area contributed by atoms with Crippen molar-refractivity contribution in [1.29, 1.82) is 0 Å². The average molecular weight is 193 g/mol. The van der Waals surface area contributed by atoms with E-state index in [2.05, 4.69) is 26.1 Å². The smallest absolute Gasteiger partial charge is 0.123 e. The normalized spacial score (nSPS) is 21.6. The predicted octanol–water partition coefficient (Wildman–Crippen LogP) is 3.18. The minimum Gasteiger partial charge on any atom is -0.467 e. The first kappa shape index (κ1) is 9.78. The summed E-state index contributed by atoms with van der Waals surface area (Å²) in [6.07, 6.45) is 5.70. The summed E-state index contributed by atoms with van der Waals surface area (Å²) in [5.74, 6) is 1.08. The van der Waals surface area contributed by atoms with E-state index in [0.29, 0.717) is 11.6 Å². The van der Waals surface area contributed by atoms with Gasteiger partial charge in [0.25, 0.3) is 0 Å². The Morgan fingerprint density at radius 3 is 2.64 bits per heavy atom. The van der Waals surface area contributed by atoms with E-state index in [1.54, 1.807) is 6.26 Å². The molecule has 1 N–H and O–H groups in total. The lowest BCUT2D eigenvalue weighted by atomic mass is 9.78. The molecular formula is C12H19NO. The molecule has 1 aromatic heterocycles. The molecular weight excluding hydrogens is 174 g/mol. The lowest BCUT2D eigenvalue weighted by Crippen LogP contribution is -2.49. The molecule has 1 saturated carbocycles. The fourth-order valence-electron chi connectivity index (χ4n) is 2.27. The molecule has 0 bridgehead atoms. The van der Waals surface area contributed by atoms with E-state index in [9.17, 15) is 0 Å². The van der Waals surface area contributed by atoms with Crippen molar-refractivity contribution < 1.29 is 4.42 Å². The van der Waals surface area contributed by atoms with Gasteiger partial charge in [-0.25, -0.2) is 0 Å². The number of hydrogen-bond acceptors (Lipinski definition) is 2. The molecule has 0 radical (unpaired) electrons. The maximum absolute atomic E-state index is 5.48. The molecule has 2 heteroatoms. The van der Waals surface area contributed by atoms with Crippen LogP contribution in [0.15, 0.2) is 16.7 Å². The number of hydrogen-bond donors (Lipinski definition) is 1. The second kappa shape index (κ2) is 3.43. The van der Waals surface area contributed by atoms with Crippen LogP contribution in [-0.2, 0) is 0 Å². The molecule has 1 heterocycles. The molecule has 0 saturated heterocycles. The lowest BCUT2D eigenvalue weighted by molar-refractivity contribution is 0.181. The maximum Gasteiger partial charge on any atom is 0.123 e. The van der Waals surface area contributed by atoms with E-state index < -0.39 is 0 Å². The van der Waals surface area contributed by atoms with Gasteiger partial charge in [-0.15, -0.1) is 0 Å². The summed E-state index contributed by atoms with van der Waals surface area (Å²) >= 11 is 0. The summed E-state index contributed by atoms with van der Waals surface area (Å²) in [7, 11) is 0. The standard InChI is InChI=1S/C12H19NO/c1-9-5-8-14-11(9)10(2)13-12(3)6-4-7-12/h5,8,10,13H,4,6-7H2,1-3H3. The molecule has 2 nitrogen and oxygen atoms in total. The number of furan rings is 1. The molecule has 0 aliphatic heterocycles. The topological polar surface area (TPSA) is 25.2 Å². The van der Waals surface area contributed by atoms with E-state index in [0.717, 1.165) is 5.76 Å². The summed E-state index contributed by atoms with van der Waals surface area (Å²) in [4.78, 5) is 0. The Bertz CT molecular complexity index is 312. The van der Waals surface area contributed by atoms with Crippen molar-refractivity contribution in [2.75, 3.05) is 0 Å². The molecule has 1 fully saturated rings. The highest BCUT2D eigenvalue weighted by Gasteiger charge is 2.33. The molecule has 14 heavy (non-hydrogen) atoms.